The van der Waals surface area contributed by atoms with E-state index in [1.54, 1.807) is 4.68 Å². The Kier molecular flexibility index (Phi) is 2.11. The van der Waals surface area contributed by atoms with Gasteiger partial charge in [0.2, 0.25) is 10.0 Å². The van der Waals surface area contributed by atoms with Gasteiger partial charge in [-0.2, -0.15) is 9.40 Å². The third kappa shape index (κ3) is 1.44. The van der Waals surface area contributed by atoms with Crippen molar-refractivity contribution < 1.29 is 8.42 Å². The first kappa shape index (κ1) is 9.67. The van der Waals surface area contributed by atoms with Gasteiger partial charge in [0.05, 0.1) is 18.5 Å². The van der Waals surface area contributed by atoms with Crippen LogP contribution < -0.4 is 0 Å². The molecule has 0 spiro atoms. The molecule has 0 aromatic carbocycles. The molecular formula is C8H12N3O2S. The molecule has 14 heavy (non-hydrogen) atoms. The fourth-order valence-corrected chi connectivity index (χ4v) is 2.32. The van der Waals surface area contributed by atoms with E-state index in [1.165, 1.54) is 10.6 Å². The predicted molar refractivity (Wildman–Crippen MR) is 50.8 cm³/mol. The highest BCUT2D eigenvalue weighted by molar-refractivity contribution is 7.88. The summed E-state index contributed by atoms with van der Waals surface area (Å²) in [6.45, 7) is 3.57. The topological polar surface area (TPSA) is 55.2 Å². The normalized spacial score (nSPS) is 17.3. The molecule has 1 aliphatic heterocycles. The molecule has 1 radical (unpaired) electrons. The summed E-state index contributed by atoms with van der Waals surface area (Å²) < 4.78 is 25.8. The van der Waals surface area contributed by atoms with E-state index in [-0.39, 0.29) is 0 Å². The Morgan fingerprint density at radius 1 is 1.50 bits per heavy atom. The summed E-state index contributed by atoms with van der Waals surface area (Å²) in [4.78, 5) is 0. The predicted octanol–water partition coefficient (Wildman–Crippen LogP) is -0.0216. The highest BCUT2D eigenvalue weighted by Crippen LogP contribution is 2.23. The molecule has 0 saturated heterocycles. The van der Waals surface area contributed by atoms with Crippen LogP contribution in [0.1, 0.15) is 18.2 Å². The van der Waals surface area contributed by atoms with Gasteiger partial charge in [0.15, 0.2) is 0 Å². The lowest BCUT2D eigenvalue weighted by Gasteiger charge is -2.11. The van der Waals surface area contributed by atoms with Crippen LogP contribution in [0, 0.1) is 6.20 Å². The van der Waals surface area contributed by atoms with Crippen molar-refractivity contribution in [3.8, 4) is 0 Å². The van der Waals surface area contributed by atoms with Crippen molar-refractivity contribution in [1.82, 2.24) is 14.1 Å². The highest BCUT2D eigenvalue weighted by Gasteiger charge is 2.29. The monoisotopic (exact) mass is 214 g/mol. The van der Waals surface area contributed by atoms with Gasteiger partial charge in [-0.05, 0) is 6.92 Å². The summed E-state index contributed by atoms with van der Waals surface area (Å²) in [7, 11) is -3.09. The molecule has 77 valence electrons. The number of hydrogen-bond acceptors (Lipinski definition) is 3. The number of fused-ring (bicyclic) bond motifs is 1. The number of rotatable bonds is 2. The van der Waals surface area contributed by atoms with Gasteiger partial charge in [0, 0.05) is 18.7 Å². The van der Waals surface area contributed by atoms with Gasteiger partial charge in [0.1, 0.15) is 6.20 Å². The molecule has 1 aromatic heterocycles. The van der Waals surface area contributed by atoms with Crippen molar-refractivity contribution in [2.75, 3.05) is 6.26 Å². The Balaban J connectivity index is 2.31. The number of hydrogen-bond donors (Lipinski definition) is 0. The second kappa shape index (κ2) is 3.06. The zero-order valence-electron chi connectivity index (χ0n) is 8.19. The van der Waals surface area contributed by atoms with Crippen molar-refractivity contribution in [2.45, 2.75) is 26.6 Å². The summed E-state index contributed by atoms with van der Waals surface area (Å²) in [6.07, 6.45) is 4.07. The standard InChI is InChI=1S/C8H12N3O2S/c1-3-11-8-6-10(14(2,12)13)5-7(8)4-9-11/h3,5-6H2,1-2H3. The van der Waals surface area contributed by atoms with E-state index in [9.17, 15) is 8.42 Å². The van der Waals surface area contributed by atoms with Crippen molar-refractivity contribution in [1.29, 1.82) is 0 Å². The van der Waals surface area contributed by atoms with Gasteiger partial charge in [-0.1, -0.05) is 0 Å². The lowest BCUT2D eigenvalue weighted by molar-refractivity contribution is 0.422. The summed E-state index contributed by atoms with van der Waals surface area (Å²) in [5.41, 5.74) is 1.87. The second-order valence-corrected chi connectivity index (χ2v) is 5.37. The minimum Gasteiger partial charge on any atom is -0.267 e. The molecule has 2 rings (SSSR count). The van der Waals surface area contributed by atoms with Crippen molar-refractivity contribution in [2.24, 2.45) is 0 Å². The SMILES string of the molecule is CCn1n[c]c2c1CN(S(C)(=O)=O)C2. The van der Waals surface area contributed by atoms with E-state index in [4.69, 9.17) is 0 Å². The van der Waals surface area contributed by atoms with Crippen LogP contribution in [-0.4, -0.2) is 28.8 Å². The maximum absolute atomic E-state index is 11.3. The molecule has 1 aromatic rings. The maximum atomic E-state index is 11.3. The minimum absolute atomic E-state index is 0.411. The fourth-order valence-electron chi connectivity index (χ4n) is 1.60. The lowest BCUT2D eigenvalue weighted by atomic mass is 10.3. The molecule has 0 fully saturated rings. The first-order valence-electron chi connectivity index (χ1n) is 4.43. The molecule has 0 bridgehead atoms. The smallest absolute Gasteiger partial charge is 0.211 e. The second-order valence-electron chi connectivity index (χ2n) is 3.38. The number of aryl methyl sites for hydroxylation is 1. The lowest BCUT2D eigenvalue weighted by Crippen LogP contribution is -2.24. The van der Waals surface area contributed by atoms with E-state index < -0.39 is 10.0 Å². The van der Waals surface area contributed by atoms with Gasteiger partial charge in [0.25, 0.3) is 0 Å². The van der Waals surface area contributed by atoms with Gasteiger partial charge >= 0.3 is 0 Å². The molecular weight excluding hydrogens is 202 g/mol. The van der Waals surface area contributed by atoms with Crippen LogP contribution in [0.4, 0.5) is 0 Å². The molecule has 0 N–H and O–H groups in total. The van der Waals surface area contributed by atoms with Crippen LogP contribution in [-0.2, 0) is 29.7 Å². The number of aromatic nitrogens is 2. The highest BCUT2D eigenvalue weighted by atomic mass is 32.2. The van der Waals surface area contributed by atoms with Crippen LogP contribution in [0.15, 0.2) is 0 Å². The van der Waals surface area contributed by atoms with Gasteiger partial charge in [-0.3, -0.25) is 4.68 Å². The quantitative estimate of drug-likeness (QED) is 0.695. The van der Waals surface area contributed by atoms with Crippen LogP contribution in [0.2, 0.25) is 0 Å². The molecule has 1 aliphatic rings. The molecule has 2 heterocycles. The zero-order valence-corrected chi connectivity index (χ0v) is 9.00. The van der Waals surface area contributed by atoms with E-state index in [1.807, 2.05) is 6.92 Å². The molecule has 0 saturated carbocycles. The Morgan fingerprint density at radius 3 is 2.79 bits per heavy atom. The third-order valence-corrected chi connectivity index (χ3v) is 3.59. The molecule has 0 aliphatic carbocycles. The summed E-state index contributed by atoms with van der Waals surface area (Å²) in [6, 6.07) is 0. The number of sulfonamides is 1. The van der Waals surface area contributed by atoms with E-state index in [0.717, 1.165) is 17.8 Å². The Hall–Kier alpha value is -0.880. The Morgan fingerprint density at radius 2 is 2.21 bits per heavy atom. The van der Waals surface area contributed by atoms with Crippen LogP contribution in [0.5, 0.6) is 0 Å². The van der Waals surface area contributed by atoms with Crippen LogP contribution in [0.3, 0.4) is 0 Å². The van der Waals surface area contributed by atoms with Crippen molar-refractivity contribution >= 4 is 10.0 Å². The molecule has 0 unspecified atom stereocenters. The Bertz CT molecular complexity index is 449. The van der Waals surface area contributed by atoms with Crippen molar-refractivity contribution in [3.05, 3.63) is 17.5 Å². The summed E-state index contributed by atoms with van der Waals surface area (Å²) >= 11 is 0. The van der Waals surface area contributed by atoms with Gasteiger partial charge in [-0.15, -0.1) is 0 Å². The average molecular weight is 214 g/mol. The summed E-state index contributed by atoms with van der Waals surface area (Å²) in [5, 5.41) is 4.04. The van der Waals surface area contributed by atoms with Gasteiger partial charge < -0.3 is 0 Å². The first-order valence-corrected chi connectivity index (χ1v) is 6.28. The zero-order chi connectivity index (χ0) is 10.3. The maximum Gasteiger partial charge on any atom is 0.211 e. The summed E-state index contributed by atoms with van der Waals surface area (Å²) in [5.74, 6) is 0. The van der Waals surface area contributed by atoms with E-state index in [0.29, 0.717) is 13.1 Å². The van der Waals surface area contributed by atoms with E-state index in [2.05, 4.69) is 11.3 Å². The van der Waals surface area contributed by atoms with Crippen LogP contribution >= 0.6 is 0 Å². The van der Waals surface area contributed by atoms with Gasteiger partial charge in [-0.25, -0.2) is 8.42 Å². The first-order chi connectivity index (χ1) is 6.52. The molecule has 6 heteroatoms. The minimum atomic E-state index is -3.09. The molecule has 5 nitrogen and oxygen atoms in total. The van der Waals surface area contributed by atoms with E-state index >= 15 is 0 Å². The fraction of sp³-hybridized carbons (Fsp3) is 0.625. The third-order valence-electron chi connectivity index (χ3n) is 2.39. The largest absolute Gasteiger partial charge is 0.267 e. The Labute approximate surface area is 83.4 Å². The average Bonchev–Trinajstić information content (AvgIpc) is 2.58. The van der Waals surface area contributed by atoms with Crippen molar-refractivity contribution in [3.63, 3.8) is 0 Å². The molecule has 0 amide bonds. The molecule has 0 atom stereocenters. The van der Waals surface area contributed by atoms with Crippen LogP contribution in [0.25, 0.3) is 0 Å². The number of nitrogens with zero attached hydrogens (tertiary/aromatic N) is 3.